The van der Waals surface area contributed by atoms with Crippen LogP contribution >= 0.6 is 11.8 Å². The molecule has 35 heavy (non-hydrogen) atoms. The predicted molar refractivity (Wildman–Crippen MR) is 150 cm³/mol. The highest BCUT2D eigenvalue weighted by Crippen LogP contribution is 2.22. The number of amides is 2. The Morgan fingerprint density at radius 1 is 0.714 bits per heavy atom. The Morgan fingerprint density at radius 2 is 1.29 bits per heavy atom. The number of nitrogens with one attached hydrogen (secondary N) is 2. The van der Waals surface area contributed by atoms with Crippen molar-refractivity contribution in [3.05, 3.63) is 71.3 Å². The molecule has 0 aliphatic carbocycles. The van der Waals surface area contributed by atoms with Crippen molar-refractivity contribution in [1.29, 1.82) is 0 Å². The summed E-state index contributed by atoms with van der Waals surface area (Å²) in [6.07, 6.45) is 14.5. The Labute approximate surface area is 217 Å². The van der Waals surface area contributed by atoms with Gasteiger partial charge in [0.25, 0.3) is 11.8 Å². The fraction of sp³-hybridized carbons (Fsp3) is 0.533. The monoisotopic (exact) mass is 496 g/mol. The fourth-order valence-corrected chi connectivity index (χ4v) is 5.17. The summed E-state index contributed by atoms with van der Waals surface area (Å²) in [5, 5.41) is 5.85. The largest absolute Gasteiger partial charge is 0.355 e. The Morgan fingerprint density at radius 3 is 1.89 bits per heavy atom. The molecule has 1 atom stereocenters. The first-order chi connectivity index (χ1) is 17.2. The van der Waals surface area contributed by atoms with Crippen LogP contribution in [0.4, 0.5) is 0 Å². The van der Waals surface area contributed by atoms with Crippen LogP contribution in [-0.4, -0.2) is 30.4 Å². The van der Waals surface area contributed by atoms with Crippen molar-refractivity contribution in [3.8, 4) is 0 Å². The lowest BCUT2D eigenvalue weighted by Crippen LogP contribution is -2.29. The van der Waals surface area contributed by atoms with Gasteiger partial charge in [0, 0.05) is 18.2 Å². The van der Waals surface area contributed by atoms with Crippen molar-refractivity contribution in [2.45, 2.75) is 83.6 Å². The molecule has 0 aliphatic heterocycles. The van der Waals surface area contributed by atoms with Gasteiger partial charge in [0.1, 0.15) is 0 Å². The normalized spacial score (nSPS) is 11.7. The highest BCUT2D eigenvalue weighted by molar-refractivity contribution is 7.99. The molecular formula is C30H44N2O2S. The minimum atomic E-state index is -0.103. The van der Waals surface area contributed by atoms with Gasteiger partial charge in [-0.1, -0.05) is 95.0 Å². The zero-order chi connectivity index (χ0) is 25.1. The molecule has 2 aromatic carbocycles. The first-order valence-corrected chi connectivity index (χ1v) is 14.6. The molecule has 0 saturated carbocycles. The number of carbonyl (C=O) groups is 2. The summed E-state index contributed by atoms with van der Waals surface area (Å²) in [4.78, 5) is 24.7. The molecule has 0 saturated heterocycles. The van der Waals surface area contributed by atoms with Crippen LogP contribution in [0.15, 0.2) is 54.6 Å². The smallest absolute Gasteiger partial charge is 0.251 e. The molecule has 0 aliphatic rings. The van der Waals surface area contributed by atoms with Gasteiger partial charge in [0.15, 0.2) is 0 Å². The molecular weight excluding hydrogens is 452 g/mol. The lowest BCUT2D eigenvalue weighted by Gasteiger charge is -2.20. The molecule has 0 heterocycles. The van der Waals surface area contributed by atoms with Gasteiger partial charge >= 0.3 is 0 Å². The van der Waals surface area contributed by atoms with Crippen LogP contribution in [0.2, 0.25) is 0 Å². The van der Waals surface area contributed by atoms with Gasteiger partial charge in [-0.15, -0.1) is 0 Å². The summed E-state index contributed by atoms with van der Waals surface area (Å²) in [6.45, 7) is 2.27. The van der Waals surface area contributed by atoms with Gasteiger partial charge in [0.05, 0.1) is 6.04 Å². The van der Waals surface area contributed by atoms with E-state index >= 15 is 0 Å². The summed E-state index contributed by atoms with van der Waals surface area (Å²) >= 11 is 1.97. The molecule has 0 spiro atoms. The number of carbonyl (C=O) groups excluding carboxylic acids is 2. The van der Waals surface area contributed by atoms with Crippen molar-refractivity contribution in [2.24, 2.45) is 0 Å². The number of rotatable bonds is 18. The van der Waals surface area contributed by atoms with Crippen molar-refractivity contribution in [3.63, 3.8) is 0 Å². The zero-order valence-electron chi connectivity index (χ0n) is 21.7. The Hall–Kier alpha value is -2.27. The number of benzene rings is 2. The van der Waals surface area contributed by atoms with Crippen LogP contribution in [-0.2, 0) is 0 Å². The minimum absolute atomic E-state index is 0.0642. The summed E-state index contributed by atoms with van der Waals surface area (Å²) in [5.74, 6) is 2.00. The van der Waals surface area contributed by atoms with Gasteiger partial charge in [-0.25, -0.2) is 0 Å². The second-order valence-corrected chi connectivity index (χ2v) is 10.4. The van der Waals surface area contributed by atoms with Crippen LogP contribution in [0.1, 0.15) is 110 Å². The van der Waals surface area contributed by atoms with Crippen LogP contribution < -0.4 is 10.6 Å². The van der Waals surface area contributed by atoms with Gasteiger partial charge in [0.2, 0.25) is 0 Å². The van der Waals surface area contributed by atoms with Crippen LogP contribution in [0.25, 0.3) is 0 Å². The second kappa shape index (κ2) is 18.1. The summed E-state index contributed by atoms with van der Waals surface area (Å²) < 4.78 is 0. The third-order valence-corrected chi connectivity index (χ3v) is 7.44. The standard InChI is InChI=1S/C30H44N2O2S/c1-3-4-5-6-7-8-9-10-11-15-23-35-24-22-28(32-30(34)26-16-13-12-14-17-26)25-18-20-27(21-19-25)29(33)31-2/h12-14,16-21,28H,3-11,15,22-24H2,1-2H3,(H,31,33)(H,32,34)/t28-/m0/s1. The van der Waals surface area contributed by atoms with Crippen molar-refractivity contribution in [2.75, 3.05) is 18.6 Å². The summed E-state index contributed by atoms with van der Waals surface area (Å²) in [5.41, 5.74) is 2.32. The maximum absolute atomic E-state index is 12.8. The first kappa shape index (κ1) is 29.0. The average molecular weight is 497 g/mol. The van der Waals surface area contributed by atoms with Crippen LogP contribution in [0.5, 0.6) is 0 Å². The van der Waals surface area contributed by atoms with E-state index in [0.717, 1.165) is 17.7 Å². The molecule has 0 bridgehead atoms. The van der Waals surface area contributed by atoms with E-state index in [1.165, 1.54) is 70.0 Å². The fourth-order valence-electron chi connectivity index (χ4n) is 4.16. The van der Waals surface area contributed by atoms with E-state index in [1.807, 2.05) is 66.4 Å². The molecule has 0 fully saturated rings. The van der Waals surface area contributed by atoms with Gasteiger partial charge in [-0.05, 0) is 54.2 Å². The number of hydrogen-bond donors (Lipinski definition) is 2. The first-order valence-electron chi connectivity index (χ1n) is 13.4. The lowest BCUT2D eigenvalue weighted by atomic mass is 10.0. The van der Waals surface area contributed by atoms with E-state index in [0.29, 0.717) is 11.1 Å². The van der Waals surface area contributed by atoms with E-state index in [2.05, 4.69) is 17.6 Å². The zero-order valence-corrected chi connectivity index (χ0v) is 22.5. The van der Waals surface area contributed by atoms with Crippen molar-refractivity contribution >= 4 is 23.6 Å². The van der Waals surface area contributed by atoms with E-state index < -0.39 is 0 Å². The number of hydrogen-bond acceptors (Lipinski definition) is 3. The Balaban J connectivity index is 1.75. The second-order valence-electron chi connectivity index (χ2n) is 9.18. The molecule has 0 unspecified atom stereocenters. The maximum Gasteiger partial charge on any atom is 0.251 e. The maximum atomic E-state index is 12.8. The molecule has 0 radical (unpaired) electrons. The predicted octanol–water partition coefficient (Wildman–Crippen LogP) is 7.56. The van der Waals surface area contributed by atoms with E-state index in [-0.39, 0.29) is 17.9 Å². The van der Waals surface area contributed by atoms with Crippen molar-refractivity contribution in [1.82, 2.24) is 10.6 Å². The molecule has 2 amide bonds. The quantitative estimate of drug-likeness (QED) is 0.209. The topological polar surface area (TPSA) is 58.2 Å². The van der Waals surface area contributed by atoms with Gasteiger partial charge in [-0.2, -0.15) is 11.8 Å². The van der Waals surface area contributed by atoms with Crippen LogP contribution in [0.3, 0.4) is 0 Å². The summed E-state index contributed by atoms with van der Waals surface area (Å²) in [6, 6.07) is 16.8. The van der Waals surface area contributed by atoms with E-state index in [9.17, 15) is 9.59 Å². The van der Waals surface area contributed by atoms with E-state index in [1.54, 1.807) is 7.05 Å². The highest BCUT2D eigenvalue weighted by Gasteiger charge is 2.16. The average Bonchev–Trinajstić information content (AvgIpc) is 2.90. The van der Waals surface area contributed by atoms with Crippen LogP contribution in [0, 0.1) is 0 Å². The molecule has 4 nitrogen and oxygen atoms in total. The van der Waals surface area contributed by atoms with Gasteiger partial charge < -0.3 is 10.6 Å². The SMILES string of the molecule is CCCCCCCCCCCCSCC[C@H](NC(=O)c1ccccc1)c1ccc(C(=O)NC)cc1. The summed E-state index contributed by atoms with van der Waals surface area (Å²) in [7, 11) is 1.63. The third-order valence-electron chi connectivity index (χ3n) is 6.34. The Bertz CT molecular complexity index is 839. The van der Waals surface area contributed by atoms with E-state index in [4.69, 9.17) is 0 Å². The van der Waals surface area contributed by atoms with Crippen molar-refractivity contribution < 1.29 is 9.59 Å². The number of thioether (sulfide) groups is 1. The Kier molecular flexibility index (Phi) is 14.9. The molecule has 2 aromatic rings. The molecule has 192 valence electrons. The highest BCUT2D eigenvalue weighted by atomic mass is 32.2. The molecule has 2 rings (SSSR count). The lowest BCUT2D eigenvalue weighted by molar-refractivity contribution is 0.0932. The molecule has 5 heteroatoms. The third kappa shape index (κ3) is 11.8. The minimum Gasteiger partial charge on any atom is -0.355 e. The molecule has 0 aromatic heterocycles. The molecule has 2 N–H and O–H groups in total. The van der Waals surface area contributed by atoms with Gasteiger partial charge in [-0.3, -0.25) is 9.59 Å². The number of unbranched alkanes of at least 4 members (excludes halogenated alkanes) is 9.